The minimum Gasteiger partial charge on any atom is -0.465 e. The summed E-state index contributed by atoms with van der Waals surface area (Å²) in [6, 6.07) is 8.59. The highest BCUT2D eigenvalue weighted by Crippen LogP contribution is 2.32. The molecule has 3 aromatic rings. The van der Waals surface area contributed by atoms with Crippen molar-refractivity contribution in [1.82, 2.24) is 24.6 Å². The Morgan fingerprint density at radius 1 is 1.24 bits per heavy atom. The van der Waals surface area contributed by atoms with Crippen molar-refractivity contribution in [3.8, 4) is 22.5 Å². The molecular weight excluding hydrogens is 458 g/mol. The van der Waals surface area contributed by atoms with Crippen molar-refractivity contribution < 1.29 is 18.3 Å². The van der Waals surface area contributed by atoms with Gasteiger partial charge in [0.05, 0.1) is 11.9 Å². The van der Waals surface area contributed by atoms with Crippen LogP contribution in [-0.4, -0.2) is 70.2 Å². The van der Waals surface area contributed by atoms with Crippen molar-refractivity contribution in [2.45, 2.75) is 32.9 Å². The Morgan fingerprint density at radius 2 is 1.97 bits per heavy atom. The molecule has 11 nitrogen and oxygen atoms in total. The Balaban J connectivity index is 1.96. The van der Waals surface area contributed by atoms with Crippen LogP contribution in [0.4, 0.5) is 16.4 Å². The quantitative estimate of drug-likeness (QED) is 0.417. The summed E-state index contributed by atoms with van der Waals surface area (Å²) < 4.78 is 27.6. The van der Waals surface area contributed by atoms with Crippen LogP contribution in [0.25, 0.3) is 22.5 Å². The number of benzene rings is 1. The van der Waals surface area contributed by atoms with Gasteiger partial charge in [-0.25, -0.2) is 23.2 Å². The van der Waals surface area contributed by atoms with E-state index in [0.717, 1.165) is 17.4 Å². The van der Waals surface area contributed by atoms with Crippen molar-refractivity contribution in [1.29, 1.82) is 0 Å². The fourth-order valence-corrected chi connectivity index (χ4v) is 3.71. The molecule has 0 aliphatic rings. The second-order valence-corrected chi connectivity index (χ2v) is 10.1. The summed E-state index contributed by atoms with van der Waals surface area (Å²) in [7, 11) is -1.92. The number of rotatable bonds is 9. The van der Waals surface area contributed by atoms with Crippen LogP contribution >= 0.6 is 0 Å². The molecule has 0 aliphatic heterocycles. The lowest BCUT2D eigenvalue weighted by Crippen LogP contribution is -2.38. The zero-order valence-corrected chi connectivity index (χ0v) is 20.5. The maximum atomic E-state index is 11.7. The second-order valence-electron chi connectivity index (χ2n) is 8.31. The van der Waals surface area contributed by atoms with Crippen LogP contribution in [0, 0.1) is 0 Å². The highest BCUT2D eigenvalue weighted by molar-refractivity contribution is 7.92. The standard InChI is InChI=1S/C22H29N7O4S/c1-14(2)29-13-18(20(26-29)16-7-6-8-17(11-16)27-34(5,32)33)19-9-10-23-21(25-19)24-12-15(3)28(4)22(30)31/h6-11,13-15,27H,12H2,1-5H3,(H,30,31)(H,23,24,25)/t15-/m0/s1. The first-order valence-electron chi connectivity index (χ1n) is 10.6. The number of nitrogens with zero attached hydrogens (tertiary/aromatic N) is 5. The van der Waals surface area contributed by atoms with Crippen molar-refractivity contribution in [2.75, 3.05) is 29.9 Å². The van der Waals surface area contributed by atoms with Gasteiger partial charge in [-0.3, -0.25) is 9.40 Å². The van der Waals surface area contributed by atoms with Crippen LogP contribution in [0.5, 0.6) is 0 Å². The van der Waals surface area contributed by atoms with Gasteiger partial charge in [0.2, 0.25) is 16.0 Å². The predicted molar refractivity (Wildman–Crippen MR) is 131 cm³/mol. The Kier molecular flexibility index (Phi) is 7.40. The van der Waals surface area contributed by atoms with Gasteiger partial charge in [0.1, 0.15) is 5.69 Å². The number of amides is 1. The van der Waals surface area contributed by atoms with Gasteiger partial charge >= 0.3 is 6.09 Å². The predicted octanol–water partition coefficient (Wildman–Crippen LogP) is 3.37. The minimum atomic E-state index is -3.42. The van der Waals surface area contributed by atoms with E-state index < -0.39 is 16.1 Å². The zero-order valence-electron chi connectivity index (χ0n) is 19.7. The van der Waals surface area contributed by atoms with Gasteiger partial charge < -0.3 is 15.3 Å². The monoisotopic (exact) mass is 487 g/mol. The summed E-state index contributed by atoms with van der Waals surface area (Å²) >= 11 is 0. The highest BCUT2D eigenvalue weighted by Gasteiger charge is 2.18. The Morgan fingerprint density at radius 3 is 2.62 bits per heavy atom. The minimum absolute atomic E-state index is 0.0941. The van der Waals surface area contributed by atoms with E-state index in [9.17, 15) is 13.2 Å². The normalized spacial score (nSPS) is 12.4. The molecule has 0 bridgehead atoms. The molecule has 2 aromatic heterocycles. The van der Waals surface area contributed by atoms with E-state index in [-0.39, 0.29) is 12.1 Å². The van der Waals surface area contributed by atoms with Crippen LogP contribution < -0.4 is 10.0 Å². The topological polar surface area (TPSA) is 142 Å². The fraction of sp³-hybridized carbons (Fsp3) is 0.364. The fourth-order valence-electron chi connectivity index (χ4n) is 3.16. The number of hydrogen-bond acceptors (Lipinski definition) is 7. The maximum absolute atomic E-state index is 11.7. The Hall–Kier alpha value is -3.67. The number of sulfonamides is 1. The molecule has 1 aromatic carbocycles. The first-order chi connectivity index (χ1) is 15.9. The lowest BCUT2D eigenvalue weighted by Gasteiger charge is -2.21. The average Bonchev–Trinajstić information content (AvgIpc) is 3.22. The number of aromatic nitrogens is 4. The number of nitrogens with one attached hydrogen (secondary N) is 2. The van der Waals surface area contributed by atoms with Gasteiger partial charge in [-0.05, 0) is 39.0 Å². The molecule has 0 fully saturated rings. The molecule has 0 saturated carbocycles. The summed E-state index contributed by atoms with van der Waals surface area (Å²) in [6.45, 7) is 6.14. The van der Waals surface area contributed by atoms with E-state index in [1.54, 1.807) is 37.4 Å². The molecule has 3 N–H and O–H groups in total. The summed E-state index contributed by atoms with van der Waals surface area (Å²) in [5, 5.41) is 16.9. The van der Waals surface area contributed by atoms with Crippen molar-refractivity contribution >= 4 is 27.8 Å². The van der Waals surface area contributed by atoms with Crippen molar-refractivity contribution in [3.63, 3.8) is 0 Å². The second kappa shape index (κ2) is 10.1. The lowest BCUT2D eigenvalue weighted by molar-refractivity contribution is 0.144. The third-order valence-electron chi connectivity index (χ3n) is 5.15. The Labute approximate surface area is 198 Å². The van der Waals surface area contributed by atoms with E-state index in [1.807, 2.05) is 30.8 Å². The molecular formula is C22H29N7O4S. The van der Waals surface area contributed by atoms with Gasteiger partial charge in [-0.1, -0.05) is 12.1 Å². The number of carbonyl (C=O) groups is 1. The Bertz CT molecular complexity index is 1270. The van der Waals surface area contributed by atoms with E-state index in [1.165, 1.54) is 11.9 Å². The highest BCUT2D eigenvalue weighted by atomic mass is 32.2. The van der Waals surface area contributed by atoms with Crippen LogP contribution in [0.1, 0.15) is 26.8 Å². The van der Waals surface area contributed by atoms with Crippen LogP contribution in [0.15, 0.2) is 42.7 Å². The van der Waals surface area contributed by atoms with Crippen molar-refractivity contribution in [2.24, 2.45) is 0 Å². The molecule has 182 valence electrons. The summed E-state index contributed by atoms with van der Waals surface area (Å²) in [5.74, 6) is 0.360. The van der Waals surface area contributed by atoms with E-state index in [0.29, 0.717) is 29.6 Å². The van der Waals surface area contributed by atoms with Crippen LogP contribution in [0.3, 0.4) is 0 Å². The molecule has 0 saturated heterocycles. The molecule has 0 aliphatic carbocycles. The summed E-state index contributed by atoms with van der Waals surface area (Å²) in [5.41, 5.74) is 3.19. The molecule has 0 spiro atoms. The SMILES string of the molecule is CC(C)n1cc(-c2ccnc(NC[C@H](C)N(C)C(=O)O)n2)c(-c2cccc(NS(C)(=O)=O)c2)n1. The molecule has 0 unspecified atom stereocenters. The van der Waals surface area contributed by atoms with Crippen molar-refractivity contribution in [3.05, 3.63) is 42.7 Å². The third kappa shape index (κ3) is 6.22. The lowest BCUT2D eigenvalue weighted by atomic mass is 10.1. The zero-order chi connectivity index (χ0) is 25.0. The van der Waals surface area contributed by atoms with Gasteiger partial charge in [-0.15, -0.1) is 0 Å². The van der Waals surface area contributed by atoms with Gasteiger partial charge in [0, 0.05) is 54.9 Å². The smallest absolute Gasteiger partial charge is 0.407 e. The first-order valence-corrected chi connectivity index (χ1v) is 12.5. The molecule has 34 heavy (non-hydrogen) atoms. The molecule has 12 heteroatoms. The molecule has 1 amide bonds. The molecule has 2 heterocycles. The van der Waals surface area contributed by atoms with E-state index in [2.05, 4.69) is 20.0 Å². The molecule has 3 rings (SSSR count). The van der Waals surface area contributed by atoms with Gasteiger partial charge in [0.15, 0.2) is 0 Å². The summed E-state index contributed by atoms with van der Waals surface area (Å²) in [6.07, 6.45) is 3.60. The maximum Gasteiger partial charge on any atom is 0.407 e. The number of likely N-dealkylation sites (N-methyl/N-ethyl adjacent to an activating group) is 1. The van der Waals surface area contributed by atoms with E-state index >= 15 is 0 Å². The van der Waals surface area contributed by atoms with E-state index in [4.69, 9.17) is 10.2 Å². The average molecular weight is 488 g/mol. The number of carboxylic acid groups (broad SMARTS) is 1. The summed E-state index contributed by atoms with van der Waals surface area (Å²) in [4.78, 5) is 21.2. The number of hydrogen-bond donors (Lipinski definition) is 3. The van der Waals surface area contributed by atoms with Gasteiger partial charge in [-0.2, -0.15) is 5.10 Å². The molecule has 1 atom stereocenters. The molecule has 0 radical (unpaired) electrons. The third-order valence-corrected chi connectivity index (χ3v) is 5.76. The number of anilines is 2. The largest absolute Gasteiger partial charge is 0.465 e. The van der Waals surface area contributed by atoms with Gasteiger partial charge in [0.25, 0.3) is 0 Å². The van der Waals surface area contributed by atoms with Crippen LogP contribution in [0.2, 0.25) is 0 Å². The first kappa shape index (κ1) is 25.0. The van der Waals surface area contributed by atoms with Crippen LogP contribution in [-0.2, 0) is 10.0 Å².